The Balaban J connectivity index is 2.63. The van der Waals surface area contributed by atoms with Gasteiger partial charge in [0.25, 0.3) is 5.91 Å². The second kappa shape index (κ2) is 4.94. The van der Waals surface area contributed by atoms with Crippen LogP contribution in [0.3, 0.4) is 0 Å². The summed E-state index contributed by atoms with van der Waals surface area (Å²) in [6.07, 6.45) is 0. The first-order chi connectivity index (χ1) is 7.44. The minimum absolute atomic E-state index is 0.249. The lowest BCUT2D eigenvalue weighted by Crippen LogP contribution is -2.40. The smallest absolute Gasteiger partial charge is 0.267 e. The van der Waals surface area contributed by atoms with Crippen molar-refractivity contribution >= 4 is 5.91 Å². The molecule has 1 aromatic heterocycles. The SMILES string of the molecule is COC(C)(C)CNC(=O)c1cccc(=O)[nH]1. The molecule has 2 N–H and O–H groups in total. The maximum absolute atomic E-state index is 11.6. The summed E-state index contributed by atoms with van der Waals surface area (Å²) in [5.41, 5.74) is -0.469. The molecule has 5 heteroatoms. The van der Waals surface area contributed by atoms with Gasteiger partial charge in [0.1, 0.15) is 5.69 Å². The number of aromatic nitrogens is 1. The number of pyridine rings is 1. The minimum Gasteiger partial charge on any atom is -0.377 e. The second-order valence-corrected chi connectivity index (χ2v) is 4.08. The molecule has 88 valence electrons. The Morgan fingerprint density at radius 1 is 1.50 bits per heavy atom. The van der Waals surface area contributed by atoms with Gasteiger partial charge in [0, 0.05) is 19.7 Å². The molecular formula is C11H16N2O3. The van der Waals surface area contributed by atoms with Crippen molar-refractivity contribution in [3.63, 3.8) is 0 Å². The summed E-state index contributed by atoms with van der Waals surface area (Å²) >= 11 is 0. The number of methoxy groups -OCH3 is 1. The molecule has 0 radical (unpaired) electrons. The number of nitrogens with one attached hydrogen (secondary N) is 2. The average Bonchev–Trinajstić information content (AvgIpc) is 2.26. The van der Waals surface area contributed by atoms with E-state index in [1.807, 2.05) is 13.8 Å². The van der Waals surface area contributed by atoms with E-state index in [0.29, 0.717) is 6.54 Å². The van der Waals surface area contributed by atoms with Crippen LogP contribution in [0.2, 0.25) is 0 Å². The zero-order valence-electron chi connectivity index (χ0n) is 9.66. The molecule has 0 saturated carbocycles. The van der Waals surface area contributed by atoms with Crippen molar-refractivity contribution in [2.75, 3.05) is 13.7 Å². The Kier molecular flexibility index (Phi) is 3.84. The summed E-state index contributed by atoms with van der Waals surface area (Å²) < 4.78 is 5.16. The van der Waals surface area contributed by atoms with Gasteiger partial charge in [-0.25, -0.2) is 0 Å². The van der Waals surface area contributed by atoms with Crippen molar-refractivity contribution in [1.29, 1.82) is 0 Å². The van der Waals surface area contributed by atoms with Gasteiger partial charge >= 0.3 is 0 Å². The molecule has 5 nitrogen and oxygen atoms in total. The molecular weight excluding hydrogens is 208 g/mol. The van der Waals surface area contributed by atoms with Gasteiger partial charge in [0.2, 0.25) is 5.56 Å². The largest absolute Gasteiger partial charge is 0.377 e. The highest BCUT2D eigenvalue weighted by atomic mass is 16.5. The van der Waals surface area contributed by atoms with Gasteiger partial charge in [-0.2, -0.15) is 0 Å². The standard InChI is InChI=1S/C11H16N2O3/c1-11(2,16-3)7-12-10(15)8-5-4-6-9(14)13-8/h4-6H,7H2,1-3H3,(H,12,15)(H,13,14). The van der Waals surface area contributed by atoms with Crippen LogP contribution in [0.15, 0.2) is 23.0 Å². The molecule has 0 spiro atoms. The maximum Gasteiger partial charge on any atom is 0.267 e. The van der Waals surface area contributed by atoms with Crippen LogP contribution in [-0.4, -0.2) is 30.1 Å². The Bertz CT molecular complexity index is 423. The van der Waals surface area contributed by atoms with Crippen molar-refractivity contribution in [3.05, 3.63) is 34.2 Å². The van der Waals surface area contributed by atoms with Crippen molar-refractivity contribution < 1.29 is 9.53 Å². The number of H-pyrrole nitrogens is 1. The summed E-state index contributed by atoms with van der Waals surface area (Å²) in [6.45, 7) is 4.10. The van der Waals surface area contributed by atoms with Crippen LogP contribution in [0.25, 0.3) is 0 Å². The maximum atomic E-state index is 11.6. The highest BCUT2D eigenvalue weighted by Crippen LogP contribution is 2.05. The molecule has 1 rings (SSSR count). The second-order valence-electron chi connectivity index (χ2n) is 4.08. The number of hydrogen-bond donors (Lipinski definition) is 2. The van der Waals surface area contributed by atoms with Gasteiger partial charge in [-0.3, -0.25) is 9.59 Å². The van der Waals surface area contributed by atoms with E-state index in [0.717, 1.165) is 0 Å². The van der Waals surface area contributed by atoms with Gasteiger partial charge in [-0.15, -0.1) is 0 Å². The van der Waals surface area contributed by atoms with E-state index in [-0.39, 0.29) is 17.2 Å². The number of ether oxygens (including phenoxy) is 1. The average molecular weight is 224 g/mol. The van der Waals surface area contributed by atoms with E-state index in [1.54, 1.807) is 13.2 Å². The summed E-state index contributed by atoms with van der Waals surface area (Å²) in [5.74, 6) is -0.317. The summed E-state index contributed by atoms with van der Waals surface area (Å²) in [7, 11) is 1.58. The topological polar surface area (TPSA) is 71.2 Å². The number of hydrogen-bond acceptors (Lipinski definition) is 3. The van der Waals surface area contributed by atoms with E-state index < -0.39 is 5.60 Å². The third-order valence-electron chi connectivity index (χ3n) is 2.24. The first kappa shape index (κ1) is 12.4. The van der Waals surface area contributed by atoms with Crippen molar-refractivity contribution in [2.24, 2.45) is 0 Å². The molecule has 1 aromatic rings. The number of carbonyl (C=O) groups is 1. The van der Waals surface area contributed by atoms with Crippen LogP contribution in [0.4, 0.5) is 0 Å². The Morgan fingerprint density at radius 3 is 2.75 bits per heavy atom. The van der Waals surface area contributed by atoms with Crippen LogP contribution in [0.1, 0.15) is 24.3 Å². The molecule has 0 saturated heterocycles. The Hall–Kier alpha value is -1.62. The fourth-order valence-electron chi connectivity index (χ4n) is 1.04. The minimum atomic E-state index is -0.426. The molecule has 0 bridgehead atoms. The first-order valence-corrected chi connectivity index (χ1v) is 4.97. The third-order valence-corrected chi connectivity index (χ3v) is 2.24. The first-order valence-electron chi connectivity index (χ1n) is 4.97. The quantitative estimate of drug-likeness (QED) is 0.783. The van der Waals surface area contributed by atoms with Gasteiger partial charge < -0.3 is 15.0 Å². The highest BCUT2D eigenvalue weighted by molar-refractivity contribution is 5.92. The number of carbonyl (C=O) groups excluding carboxylic acids is 1. The van der Waals surface area contributed by atoms with Crippen LogP contribution in [0.5, 0.6) is 0 Å². The lowest BCUT2D eigenvalue weighted by atomic mass is 10.1. The fraction of sp³-hybridized carbons (Fsp3) is 0.455. The van der Waals surface area contributed by atoms with Gasteiger partial charge in [0.15, 0.2) is 0 Å². The molecule has 0 unspecified atom stereocenters. The van der Waals surface area contributed by atoms with E-state index in [1.165, 1.54) is 12.1 Å². The number of rotatable bonds is 4. The van der Waals surface area contributed by atoms with Gasteiger partial charge in [-0.1, -0.05) is 6.07 Å². The van der Waals surface area contributed by atoms with Crippen molar-refractivity contribution in [3.8, 4) is 0 Å². The molecule has 0 aliphatic rings. The van der Waals surface area contributed by atoms with Crippen LogP contribution in [-0.2, 0) is 4.74 Å². The molecule has 0 aromatic carbocycles. The van der Waals surface area contributed by atoms with Crippen molar-refractivity contribution in [1.82, 2.24) is 10.3 Å². The summed E-state index contributed by atoms with van der Waals surface area (Å²) in [4.78, 5) is 25.1. The van der Waals surface area contributed by atoms with Gasteiger partial charge in [-0.05, 0) is 19.9 Å². The molecule has 16 heavy (non-hydrogen) atoms. The molecule has 0 atom stereocenters. The highest BCUT2D eigenvalue weighted by Gasteiger charge is 2.17. The van der Waals surface area contributed by atoms with Crippen LogP contribution in [0, 0.1) is 0 Å². The molecule has 0 aliphatic carbocycles. The van der Waals surface area contributed by atoms with E-state index in [2.05, 4.69) is 10.3 Å². The normalized spacial score (nSPS) is 11.2. The Morgan fingerprint density at radius 2 is 2.19 bits per heavy atom. The monoisotopic (exact) mass is 224 g/mol. The van der Waals surface area contributed by atoms with Crippen LogP contribution >= 0.6 is 0 Å². The van der Waals surface area contributed by atoms with E-state index in [9.17, 15) is 9.59 Å². The lowest BCUT2D eigenvalue weighted by molar-refractivity contribution is 0.0228. The third kappa shape index (κ3) is 3.51. The predicted molar refractivity (Wildman–Crippen MR) is 60.5 cm³/mol. The van der Waals surface area contributed by atoms with E-state index in [4.69, 9.17) is 4.74 Å². The Labute approximate surface area is 93.8 Å². The molecule has 1 heterocycles. The summed E-state index contributed by atoms with van der Waals surface area (Å²) in [5, 5.41) is 2.68. The molecule has 1 amide bonds. The molecule has 0 fully saturated rings. The lowest BCUT2D eigenvalue weighted by Gasteiger charge is -2.22. The summed E-state index contributed by atoms with van der Waals surface area (Å²) in [6, 6.07) is 4.45. The zero-order valence-corrected chi connectivity index (χ0v) is 9.66. The zero-order chi connectivity index (χ0) is 12.2. The molecule has 0 aliphatic heterocycles. The fourth-order valence-corrected chi connectivity index (χ4v) is 1.04. The van der Waals surface area contributed by atoms with E-state index >= 15 is 0 Å². The number of amides is 1. The number of aromatic amines is 1. The predicted octanol–water partition coefficient (Wildman–Crippen LogP) is 0.530. The van der Waals surface area contributed by atoms with Crippen molar-refractivity contribution in [2.45, 2.75) is 19.4 Å². The van der Waals surface area contributed by atoms with Crippen LogP contribution < -0.4 is 10.9 Å². The van der Waals surface area contributed by atoms with Gasteiger partial charge in [0.05, 0.1) is 5.60 Å².